The van der Waals surface area contributed by atoms with Crippen molar-refractivity contribution in [2.75, 3.05) is 0 Å². The maximum Gasteiger partial charge on any atom is 0.503 e. The molecule has 0 saturated heterocycles. The summed E-state index contributed by atoms with van der Waals surface area (Å²) < 4.78 is 2.24. The van der Waals surface area contributed by atoms with Crippen molar-refractivity contribution in [3.05, 3.63) is 18.2 Å². The molecule has 0 aromatic carbocycles. The zero-order chi connectivity index (χ0) is 13.9. The lowest BCUT2D eigenvalue weighted by molar-refractivity contribution is 0.137. The van der Waals surface area contributed by atoms with E-state index in [9.17, 15) is 0 Å². The zero-order valence-electron chi connectivity index (χ0n) is 11.4. The predicted molar refractivity (Wildman–Crippen MR) is 66.6 cm³/mol. The Morgan fingerprint density at radius 1 is 1.18 bits per heavy atom. The van der Waals surface area contributed by atoms with Gasteiger partial charge in [0.05, 0.1) is 0 Å². The molecule has 0 bridgehead atoms. The Morgan fingerprint density at radius 3 is 1.82 bits per heavy atom. The van der Waals surface area contributed by atoms with Gasteiger partial charge in [0.1, 0.15) is 5.82 Å². The maximum atomic E-state index is 8.56. The van der Waals surface area contributed by atoms with Crippen LogP contribution < -0.4 is 0 Å². The fourth-order valence-electron chi connectivity index (χ4n) is 1.40. The summed E-state index contributed by atoms with van der Waals surface area (Å²) in [7, 11) is 0. The Hall–Kier alpha value is -1.52. The number of rotatable bonds is 0. The van der Waals surface area contributed by atoms with E-state index in [2.05, 4.69) is 57.3 Å². The first-order valence-electron chi connectivity index (χ1n) is 5.42. The van der Waals surface area contributed by atoms with Crippen LogP contribution in [0.2, 0.25) is 0 Å². The summed E-state index contributed by atoms with van der Waals surface area (Å²) in [5.74, 6) is 1.15. The van der Waals surface area contributed by atoms with Crippen LogP contribution in [0, 0.1) is 0 Å². The smallest absolute Gasteiger partial charge is 0.450 e. The second-order valence-corrected chi connectivity index (χ2v) is 5.82. The van der Waals surface area contributed by atoms with Crippen LogP contribution in [0.1, 0.15) is 47.4 Å². The monoisotopic (exact) mass is 242 g/mol. The van der Waals surface area contributed by atoms with Gasteiger partial charge in [-0.2, -0.15) is 0 Å². The molecule has 1 aromatic rings. The summed E-state index contributed by atoms with van der Waals surface area (Å²) in [6.07, 6.45) is 2.10. The largest absolute Gasteiger partial charge is 0.503 e. The van der Waals surface area contributed by atoms with E-state index < -0.39 is 6.16 Å². The van der Waals surface area contributed by atoms with Crippen molar-refractivity contribution in [2.24, 2.45) is 0 Å². The van der Waals surface area contributed by atoms with Crippen LogP contribution in [0.3, 0.4) is 0 Å². The van der Waals surface area contributed by atoms with Crippen LogP contribution >= 0.6 is 0 Å². The van der Waals surface area contributed by atoms with Crippen molar-refractivity contribution in [1.29, 1.82) is 0 Å². The summed E-state index contributed by atoms with van der Waals surface area (Å²) in [5.41, 5.74) is 0.246. The summed E-state index contributed by atoms with van der Waals surface area (Å²) in [5, 5.41) is 13.9. The third-order valence-corrected chi connectivity index (χ3v) is 2.03. The molecule has 0 aliphatic carbocycles. The van der Waals surface area contributed by atoms with Crippen molar-refractivity contribution in [3.8, 4) is 0 Å². The molecule has 0 unspecified atom stereocenters. The first-order chi connectivity index (χ1) is 7.46. The summed E-state index contributed by atoms with van der Waals surface area (Å²) in [6, 6.07) is 0. The quantitative estimate of drug-likeness (QED) is 0.732. The predicted octanol–water partition coefficient (Wildman–Crippen LogP) is 3.16. The third kappa shape index (κ3) is 5.38. The molecule has 0 spiro atoms. The minimum atomic E-state index is -1.83. The number of nitrogens with zero attached hydrogens (tertiary/aromatic N) is 2. The number of aromatic nitrogens is 2. The SMILES string of the molecule is CC(C)(C)c1nccn1C(C)(C)C.O=C(O)O. The fraction of sp³-hybridized carbons (Fsp3) is 0.667. The summed E-state index contributed by atoms with van der Waals surface area (Å²) in [6.45, 7) is 13.2. The van der Waals surface area contributed by atoms with E-state index in [1.165, 1.54) is 0 Å². The van der Waals surface area contributed by atoms with Crippen molar-refractivity contribution < 1.29 is 15.0 Å². The highest BCUT2D eigenvalue weighted by Crippen LogP contribution is 2.25. The first-order valence-corrected chi connectivity index (χ1v) is 5.42. The maximum absolute atomic E-state index is 8.56. The van der Waals surface area contributed by atoms with Crippen molar-refractivity contribution >= 4 is 6.16 Å². The number of hydrogen-bond acceptors (Lipinski definition) is 2. The molecule has 0 radical (unpaired) electrons. The van der Waals surface area contributed by atoms with Gasteiger partial charge in [0, 0.05) is 23.3 Å². The van der Waals surface area contributed by atoms with Gasteiger partial charge in [-0.1, -0.05) is 20.8 Å². The molecule has 5 heteroatoms. The van der Waals surface area contributed by atoms with Gasteiger partial charge in [-0.25, -0.2) is 9.78 Å². The Bertz CT molecular complexity index is 337. The molecule has 0 amide bonds. The number of carbonyl (C=O) groups is 1. The second-order valence-electron chi connectivity index (χ2n) is 5.82. The number of hydrogen-bond donors (Lipinski definition) is 2. The van der Waals surface area contributed by atoms with E-state index in [1.54, 1.807) is 0 Å². The highest BCUT2D eigenvalue weighted by molar-refractivity contribution is 5.53. The van der Waals surface area contributed by atoms with Gasteiger partial charge in [-0.3, -0.25) is 0 Å². The lowest BCUT2D eigenvalue weighted by atomic mass is 9.94. The van der Waals surface area contributed by atoms with Crippen molar-refractivity contribution in [1.82, 2.24) is 9.55 Å². The van der Waals surface area contributed by atoms with Crippen LogP contribution in [0.5, 0.6) is 0 Å². The van der Waals surface area contributed by atoms with Crippen LogP contribution in [-0.2, 0) is 11.0 Å². The van der Waals surface area contributed by atoms with Crippen LogP contribution in [0.4, 0.5) is 4.79 Å². The average molecular weight is 242 g/mol. The van der Waals surface area contributed by atoms with E-state index in [-0.39, 0.29) is 11.0 Å². The molecular weight excluding hydrogens is 220 g/mol. The fourth-order valence-corrected chi connectivity index (χ4v) is 1.40. The summed E-state index contributed by atoms with van der Waals surface area (Å²) >= 11 is 0. The highest BCUT2D eigenvalue weighted by Gasteiger charge is 2.24. The number of carboxylic acid groups (broad SMARTS) is 2. The average Bonchev–Trinajstić information content (AvgIpc) is 2.46. The summed E-state index contributed by atoms with van der Waals surface area (Å²) in [4.78, 5) is 13.0. The third-order valence-electron chi connectivity index (χ3n) is 2.03. The molecule has 0 aliphatic rings. The molecule has 1 heterocycles. The molecule has 0 aliphatic heterocycles. The lowest BCUT2D eigenvalue weighted by Gasteiger charge is -2.28. The number of imidazole rings is 1. The van der Waals surface area contributed by atoms with Crippen molar-refractivity contribution in [3.63, 3.8) is 0 Å². The van der Waals surface area contributed by atoms with Gasteiger partial charge in [0.25, 0.3) is 0 Å². The first kappa shape index (κ1) is 15.5. The van der Waals surface area contributed by atoms with Gasteiger partial charge in [-0.15, -0.1) is 0 Å². The molecule has 5 nitrogen and oxygen atoms in total. The van der Waals surface area contributed by atoms with Crippen LogP contribution in [0.25, 0.3) is 0 Å². The van der Waals surface area contributed by atoms with E-state index >= 15 is 0 Å². The van der Waals surface area contributed by atoms with Crippen LogP contribution in [-0.4, -0.2) is 25.9 Å². The lowest BCUT2D eigenvalue weighted by Crippen LogP contribution is -2.29. The van der Waals surface area contributed by atoms with E-state index in [4.69, 9.17) is 15.0 Å². The van der Waals surface area contributed by atoms with Crippen molar-refractivity contribution in [2.45, 2.75) is 52.5 Å². The minimum Gasteiger partial charge on any atom is -0.450 e. The molecular formula is C12H22N2O3. The molecule has 17 heavy (non-hydrogen) atoms. The normalized spacial score (nSPS) is 11.6. The van der Waals surface area contributed by atoms with Gasteiger partial charge < -0.3 is 14.8 Å². The molecule has 0 atom stereocenters. The van der Waals surface area contributed by atoms with Crippen LogP contribution in [0.15, 0.2) is 12.4 Å². The van der Waals surface area contributed by atoms with E-state index in [0.29, 0.717) is 0 Å². The Morgan fingerprint density at radius 2 is 1.59 bits per heavy atom. The Labute approximate surface area is 102 Å². The van der Waals surface area contributed by atoms with E-state index in [1.807, 2.05) is 6.20 Å². The molecule has 1 rings (SSSR count). The Kier molecular flexibility index (Phi) is 4.74. The standard InChI is InChI=1S/C11H20N2.CH2O3/c1-10(2,3)9-12-7-8-13(9)11(4,5)6;2-1(3)4/h7-8H,1-6H3;(H2,2,3,4). The highest BCUT2D eigenvalue weighted by atomic mass is 16.6. The topological polar surface area (TPSA) is 75.4 Å². The Balaban J connectivity index is 0.000000557. The zero-order valence-corrected chi connectivity index (χ0v) is 11.4. The van der Waals surface area contributed by atoms with E-state index in [0.717, 1.165) is 5.82 Å². The van der Waals surface area contributed by atoms with Gasteiger partial charge >= 0.3 is 6.16 Å². The molecule has 0 fully saturated rings. The molecule has 98 valence electrons. The van der Waals surface area contributed by atoms with Gasteiger partial charge in [0.2, 0.25) is 0 Å². The molecule has 0 saturated carbocycles. The molecule has 2 N–H and O–H groups in total. The van der Waals surface area contributed by atoms with Gasteiger partial charge in [-0.05, 0) is 20.8 Å². The second kappa shape index (κ2) is 5.21. The minimum absolute atomic E-state index is 0.122. The molecule has 1 aromatic heterocycles. The van der Waals surface area contributed by atoms with Gasteiger partial charge in [0.15, 0.2) is 0 Å².